The average molecular weight is 473 g/mol. The van der Waals surface area contributed by atoms with E-state index in [4.69, 9.17) is 9.47 Å². The normalized spacial score (nSPS) is 25.8. The molecule has 34 heavy (non-hydrogen) atoms. The van der Waals surface area contributed by atoms with Crippen LogP contribution in [0.3, 0.4) is 0 Å². The largest absolute Gasteiger partial charge is 0.486 e. The SMILES string of the molecule is COCCN(C(=O)CCC1CCCC1)C1C=C(C(=O)NCCO)C2c3ccccc3OC2C1O. The third kappa shape index (κ3) is 5.14. The molecule has 186 valence electrons. The smallest absolute Gasteiger partial charge is 0.247 e. The molecule has 3 aliphatic rings. The van der Waals surface area contributed by atoms with E-state index in [0.29, 0.717) is 36.8 Å². The van der Waals surface area contributed by atoms with Crippen LogP contribution in [0.15, 0.2) is 35.9 Å². The van der Waals surface area contributed by atoms with Crippen molar-refractivity contribution in [3.63, 3.8) is 0 Å². The van der Waals surface area contributed by atoms with Gasteiger partial charge < -0.3 is 29.9 Å². The first-order valence-electron chi connectivity index (χ1n) is 12.4. The van der Waals surface area contributed by atoms with Crippen molar-refractivity contribution in [3.8, 4) is 5.75 Å². The fraction of sp³-hybridized carbons (Fsp3) is 0.615. The van der Waals surface area contributed by atoms with Gasteiger partial charge in [0.1, 0.15) is 18.0 Å². The molecule has 2 amide bonds. The van der Waals surface area contributed by atoms with E-state index in [9.17, 15) is 19.8 Å². The first-order valence-corrected chi connectivity index (χ1v) is 12.4. The zero-order valence-corrected chi connectivity index (χ0v) is 19.8. The van der Waals surface area contributed by atoms with Gasteiger partial charge in [-0.15, -0.1) is 0 Å². The number of hydrogen-bond donors (Lipinski definition) is 3. The summed E-state index contributed by atoms with van der Waals surface area (Å²) in [6.07, 6.45) is 6.07. The van der Waals surface area contributed by atoms with Gasteiger partial charge in [0.15, 0.2) is 0 Å². The Hall–Kier alpha value is -2.42. The second-order valence-electron chi connectivity index (χ2n) is 9.45. The van der Waals surface area contributed by atoms with Crippen molar-refractivity contribution in [2.24, 2.45) is 5.92 Å². The molecule has 4 unspecified atom stereocenters. The molecule has 8 nitrogen and oxygen atoms in total. The monoisotopic (exact) mass is 472 g/mol. The molecular weight excluding hydrogens is 436 g/mol. The van der Waals surface area contributed by atoms with Crippen molar-refractivity contribution in [2.45, 2.75) is 62.7 Å². The summed E-state index contributed by atoms with van der Waals surface area (Å²) < 4.78 is 11.4. The van der Waals surface area contributed by atoms with Gasteiger partial charge in [0.2, 0.25) is 11.8 Å². The molecule has 0 aromatic heterocycles. The molecule has 1 aromatic carbocycles. The van der Waals surface area contributed by atoms with Gasteiger partial charge >= 0.3 is 0 Å². The van der Waals surface area contributed by atoms with Crippen LogP contribution in [-0.4, -0.2) is 78.6 Å². The van der Waals surface area contributed by atoms with Crippen LogP contribution in [-0.2, 0) is 14.3 Å². The third-order valence-corrected chi connectivity index (χ3v) is 7.33. The highest BCUT2D eigenvalue weighted by Gasteiger charge is 2.50. The van der Waals surface area contributed by atoms with Gasteiger partial charge in [-0.1, -0.05) is 43.9 Å². The molecule has 1 fully saturated rings. The number of para-hydroxylation sites is 1. The van der Waals surface area contributed by atoms with Crippen molar-refractivity contribution in [2.75, 3.05) is 33.4 Å². The second-order valence-corrected chi connectivity index (χ2v) is 9.45. The maximum atomic E-state index is 13.4. The Morgan fingerprint density at radius 3 is 2.74 bits per heavy atom. The number of nitrogens with zero attached hydrogens (tertiary/aromatic N) is 1. The van der Waals surface area contributed by atoms with E-state index >= 15 is 0 Å². The van der Waals surface area contributed by atoms with Crippen molar-refractivity contribution in [1.29, 1.82) is 0 Å². The molecule has 1 aliphatic heterocycles. The minimum atomic E-state index is -1.00. The number of ether oxygens (including phenoxy) is 2. The van der Waals surface area contributed by atoms with Gasteiger partial charge in [-0.05, 0) is 24.5 Å². The zero-order chi connectivity index (χ0) is 24.1. The zero-order valence-electron chi connectivity index (χ0n) is 19.8. The number of nitrogens with one attached hydrogen (secondary N) is 1. The molecule has 1 aromatic rings. The van der Waals surface area contributed by atoms with Gasteiger partial charge in [0.25, 0.3) is 0 Å². The number of amides is 2. The summed E-state index contributed by atoms with van der Waals surface area (Å²) in [5, 5.41) is 23.3. The standard InChI is InChI=1S/C26H36N2O6/c1-33-15-13-28(22(30)11-10-17-6-2-3-7-17)20-16-19(26(32)27-12-14-29)23-18-8-4-5-9-21(18)34-25(23)24(20)31/h4-5,8-9,16-17,20,23-25,29,31H,2-3,6-7,10-15H2,1H3,(H,27,32). The van der Waals surface area contributed by atoms with E-state index in [2.05, 4.69) is 5.32 Å². The highest BCUT2D eigenvalue weighted by Crippen LogP contribution is 2.47. The Balaban J connectivity index is 1.63. The predicted octanol–water partition coefficient (Wildman–Crippen LogP) is 1.75. The molecule has 4 atom stereocenters. The number of fused-ring (bicyclic) bond motifs is 3. The highest BCUT2D eigenvalue weighted by molar-refractivity contribution is 5.96. The fourth-order valence-corrected chi connectivity index (χ4v) is 5.59. The summed E-state index contributed by atoms with van der Waals surface area (Å²) in [5.74, 6) is 0.393. The number of aliphatic hydroxyl groups excluding tert-OH is 2. The lowest BCUT2D eigenvalue weighted by molar-refractivity contribution is -0.138. The number of rotatable bonds is 10. The van der Waals surface area contributed by atoms with Crippen LogP contribution < -0.4 is 10.1 Å². The van der Waals surface area contributed by atoms with Crippen LogP contribution in [0.1, 0.15) is 50.0 Å². The topological polar surface area (TPSA) is 108 Å². The van der Waals surface area contributed by atoms with E-state index in [1.54, 1.807) is 18.1 Å². The van der Waals surface area contributed by atoms with Crippen molar-refractivity contribution < 1.29 is 29.3 Å². The van der Waals surface area contributed by atoms with Crippen LogP contribution >= 0.6 is 0 Å². The minimum absolute atomic E-state index is 0.0478. The Bertz CT molecular complexity index is 897. The van der Waals surface area contributed by atoms with Crippen molar-refractivity contribution >= 4 is 11.8 Å². The summed E-state index contributed by atoms with van der Waals surface area (Å²) in [7, 11) is 1.58. The Morgan fingerprint density at radius 2 is 2.00 bits per heavy atom. The average Bonchev–Trinajstić information content (AvgIpc) is 3.51. The Morgan fingerprint density at radius 1 is 1.24 bits per heavy atom. The second kappa shape index (κ2) is 11.3. The lowest BCUT2D eigenvalue weighted by Crippen LogP contribution is -2.56. The molecule has 1 saturated carbocycles. The number of carbonyl (C=O) groups is 2. The van der Waals surface area contributed by atoms with E-state index in [-0.39, 0.29) is 25.0 Å². The quantitative estimate of drug-likeness (QED) is 0.479. The van der Waals surface area contributed by atoms with Crippen LogP contribution in [0.2, 0.25) is 0 Å². The fourth-order valence-electron chi connectivity index (χ4n) is 5.59. The van der Waals surface area contributed by atoms with Crippen molar-refractivity contribution in [3.05, 3.63) is 41.5 Å². The molecule has 2 aliphatic carbocycles. The van der Waals surface area contributed by atoms with E-state index in [1.165, 1.54) is 25.7 Å². The van der Waals surface area contributed by atoms with Crippen LogP contribution in [0, 0.1) is 5.92 Å². The predicted molar refractivity (Wildman–Crippen MR) is 126 cm³/mol. The molecule has 0 bridgehead atoms. The number of methoxy groups -OCH3 is 1. The van der Waals surface area contributed by atoms with E-state index < -0.39 is 24.2 Å². The van der Waals surface area contributed by atoms with Crippen LogP contribution in [0.4, 0.5) is 0 Å². The minimum Gasteiger partial charge on any atom is -0.486 e. The molecule has 4 rings (SSSR count). The molecule has 8 heteroatoms. The van der Waals surface area contributed by atoms with Crippen LogP contribution in [0.25, 0.3) is 0 Å². The van der Waals surface area contributed by atoms with Gasteiger partial charge in [-0.25, -0.2) is 0 Å². The Labute approximate surface area is 200 Å². The summed E-state index contributed by atoms with van der Waals surface area (Å²) in [5.41, 5.74) is 1.29. The lowest BCUT2D eigenvalue weighted by Gasteiger charge is -2.40. The van der Waals surface area contributed by atoms with E-state index in [0.717, 1.165) is 12.0 Å². The summed E-state index contributed by atoms with van der Waals surface area (Å²) in [4.78, 5) is 28.1. The molecular formula is C26H36N2O6. The third-order valence-electron chi connectivity index (χ3n) is 7.33. The molecule has 0 spiro atoms. The summed E-state index contributed by atoms with van der Waals surface area (Å²) in [6.45, 7) is 0.588. The molecule has 3 N–H and O–H groups in total. The van der Waals surface area contributed by atoms with Gasteiger partial charge in [-0.2, -0.15) is 0 Å². The van der Waals surface area contributed by atoms with Gasteiger partial charge in [0, 0.05) is 37.8 Å². The van der Waals surface area contributed by atoms with Crippen molar-refractivity contribution in [1.82, 2.24) is 10.2 Å². The molecule has 0 radical (unpaired) electrons. The first kappa shape index (κ1) is 24.7. The Kier molecular flexibility index (Phi) is 8.24. The van der Waals surface area contributed by atoms with Crippen LogP contribution in [0.5, 0.6) is 5.75 Å². The number of benzene rings is 1. The highest BCUT2D eigenvalue weighted by atomic mass is 16.5. The lowest BCUT2D eigenvalue weighted by atomic mass is 9.77. The van der Waals surface area contributed by atoms with Gasteiger partial charge in [-0.3, -0.25) is 9.59 Å². The first-order chi connectivity index (χ1) is 16.5. The van der Waals surface area contributed by atoms with Gasteiger partial charge in [0.05, 0.1) is 25.2 Å². The summed E-state index contributed by atoms with van der Waals surface area (Å²) >= 11 is 0. The number of hydrogen-bond acceptors (Lipinski definition) is 6. The molecule has 1 heterocycles. The number of aliphatic hydroxyl groups is 2. The molecule has 0 saturated heterocycles. The summed E-state index contributed by atoms with van der Waals surface area (Å²) in [6, 6.07) is 6.75. The maximum absolute atomic E-state index is 13.4. The maximum Gasteiger partial charge on any atom is 0.247 e. The number of carbonyl (C=O) groups excluding carboxylic acids is 2. The van der Waals surface area contributed by atoms with E-state index in [1.807, 2.05) is 24.3 Å².